The van der Waals surface area contributed by atoms with Crippen molar-refractivity contribution in [3.05, 3.63) is 58.7 Å². The molecule has 6 nitrogen and oxygen atoms in total. The third kappa shape index (κ3) is 4.31. The summed E-state index contributed by atoms with van der Waals surface area (Å²) in [5.74, 6) is -0.439. The third-order valence-corrected chi connectivity index (χ3v) is 6.49. The summed E-state index contributed by atoms with van der Waals surface area (Å²) < 4.78 is 32.6. The molecule has 0 aromatic heterocycles. The van der Waals surface area contributed by atoms with E-state index < -0.39 is 15.9 Å². The van der Waals surface area contributed by atoms with Crippen LogP contribution in [0.5, 0.6) is 5.75 Å². The van der Waals surface area contributed by atoms with Crippen molar-refractivity contribution in [1.82, 2.24) is 4.31 Å². The lowest BCUT2D eigenvalue weighted by molar-refractivity contribution is 0.0995. The molecule has 2 aromatic carbocycles. The van der Waals surface area contributed by atoms with E-state index in [1.165, 1.54) is 22.5 Å². The molecule has 27 heavy (non-hydrogen) atoms. The van der Waals surface area contributed by atoms with Gasteiger partial charge in [-0.25, -0.2) is 8.42 Å². The zero-order valence-electron chi connectivity index (χ0n) is 15.6. The van der Waals surface area contributed by atoms with Crippen LogP contribution >= 0.6 is 0 Å². The van der Waals surface area contributed by atoms with Gasteiger partial charge in [-0.3, -0.25) is 4.79 Å². The molecule has 1 fully saturated rings. The van der Waals surface area contributed by atoms with Gasteiger partial charge in [0.1, 0.15) is 12.4 Å². The van der Waals surface area contributed by atoms with E-state index in [2.05, 4.69) is 6.07 Å². The fraction of sp³-hybridized carbons (Fsp3) is 0.350. The summed E-state index contributed by atoms with van der Waals surface area (Å²) in [4.78, 5) is 11.9. The summed E-state index contributed by atoms with van der Waals surface area (Å²) in [5.41, 5.74) is 8.75. The number of carbonyl (C=O) groups excluding carboxylic acids is 1. The summed E-state index contributed by atoms with van der Waals surface area (Å²) in [5, 5.41) is 0. The van der Waals surface area contributed by atoms with Crippen LogP contribution < -0.4 is 10.5 Å². The van der Waals surface area contributed by atoms with Gasteiger partial charge >= 0.3 is 0 Å². The summed E-state index contributed by atoms with van der Waals surface area (Å²) in [6.07, 6.45) is 1.69. The topological polar surface area (TPSA) is 89.7 Å². The highest BCUT2D eigenvalue weighted by atomic mass is 32.2. The van der Waals surface area contributed by atoms with Crippen LogP contribution in [0.2, 0.25) is 0 Å². The van der Waals surface area contributed by atoms with E-state index in [0.29, 0.717) is 13.1 Å². The quantitative estimate of drug-likeness (QED) is 0.824. The van der Waals surface area contributed by atoms with E-state index >= 15 is 0 Å². The number of ether oxygens (including phenoxy) is 1. The molecule has 0 radical (unpaired) electrons. The Balaban J connectivity index is 1.87. The highest BCUT2D eigenvalue weighted by Crippen LogP contribution is 2.27. The first-order valence-electron chi connectivity index (χ1n) is 8.91. The summed E-state index contributed by atoms with van der Waals surface area (Å²) in [6.45, 7) is 5.27. The molecule has 1 heterocycles. The maximum absolute atomic E-state index is 12.7. The molecule has 144 valence electrons. The van der Waals surface area contributed by atoms with Crippen molar-refractivity contribution in [1.29, 1.82) is 0 Å². The van der Waals surface area contributed by atoms with Gasteiger partial charge in [-0.15, -0.1) is 0 Å². The minimum atomic E-state index is -3.62. The first kappa shape index (κ1) is 19.4. The average Bonchev–Trinajstić information content (AvgIpc) is 3.14. The molecule has 0 spiro atoms. The standard InChI is InChI=1S/C20H24N2O4S/c1-14-9-15(2)11-16(10-14)13-26-19-6-5-17(12-18(19)20(21)23)27(24,25)22-7-3-4-8-22/h5-6,9-12H,3-4,7-8,13H2,1-2H3,(H2,21,23). The average molecular weight is 388 g/mol. The lowest BCUT2D eigenvalue weighted by Crippen LogP contribution is -2.28. The maximum Gasteiger partial charge on any atom is 0.252 e. The Morgan fingerprint density at radius 2 is 1.70 bits per heavy atom. The zero-order valence-corrected chi connectivity index (χ0v) is 16.4. The number of benzene rings is 2. The predicted octanol–water partition coefficient (Wildman–Crippen LogP) is 2.77. The van der Waals surface area contributed by atoms with Crippen molar-refractivity contribution in [2.75, 3.05) is 13.1 Å². The van der Waals surface area contributed by atoms with Crippen LogP contribution in [0.4, 0.5) is 0 Å². The minimum absolute atomic E-state index is 0.0666. The van der Waals surface area contributed by atoms with Gasteiger partial charge in [-0.1, -0.05) is 29.3 Å². The van der Waals surface area contributed by atoms with Gasteiger partial charge in [0, 0.05) is 13.1 Å². The Morgan fingerprint density at radius 1 is 1.07 bits per heavy atom. The van der Waals surface area contributed by atoms with Gasteiger partial charge in [0.05, 0.1) is 10.5 Å². The van der Waals surface area contributed by atoms with Crippen molar-refractivity contribution < 1.29 is 17.9 Å². The molecular weight excluding hydrogens is 364 g/mol. The van der Waals surface area contributed by atoms with E-state index in [1.54, 1.807) is 0 Å². The second kappa shape index (κ2) is 7.70. The van der Waals surface area contributed by atoms with Crippen molar-refractivity contribution in [2.45, 2.75) is 38.2 Å². The summed E-state index contributed by atoms with van der Waals surface area (Å²) in [7, 11) is -3.62. The largest absolute Gasteiger partial charge is 0.488 e. The molecule has 2 aromatic rings. The van der Waals surface area contributed by atoms with Crippen LogP contribution in [0.1, 0.15) is 39.9 Å². The highest BCUT2D eigenvalue weighted by Gasteiger charge is 2.28. The van der Waals surface area contributed by atoms with Gasteiger partial charge in [0.15, 0.2) is 0 Å². The number of hydrogen-bond donors (Lipinski definition) is 1. The van der Waals surface area contributed by atoms with Crippen LogP contribution in [0.3, 0.4) is 0 Å². The number of nitrogens with two attached hydrogens (primary N) is 1. The maximum atomic E-state index is 12.7. The van der Waals surface area contributed by atoms with Gasteiger partial charge in [-0.2, -0.15) is 4.31 Å². The van der Waals surface area contributed by atoms with Crippen LogP contribution in [0.25, 0.3) is 0 Å². The third-order valence-electron chi connectivity index (χ3n) is 4.60. The van der Waals surface area contributed by atoms with Crippen LogP contribution in [-0.2, 0) is 16.6 Å². The van der Waals surface area contributed by atoms with Crippen molar-refractivity contribution >= 4 is 15.9 Å². The van der Waals surface area contributed by atoms with E-state index in [0.717, 1.165) is 29.5 Å². The number of carbonyl (C=O) groups is 1. The first-order valence-corrected chi connectivity index (χ1v) is 10.4. The number of amides is 1. The van der Waals surface area contributed by atoms with Crippen LogP contribution in [0, 0.1) is 13.8 Å². The van der Waals surface area contributed by atoms with Crippen LogP contribution in [0.15, 0.2) is 41.3 Å². The molecule has 0 saturated carbocycles. The van der Waals surface area contributed by atoms with Gasteiger partial charge in [-0.05, 0) is 50.5 Å². The molecule has 7 heteroatoms. The van der Waals surface area contributed by atoms with Crippen molar-refractivity contribution in [2.24, 2.45) is 5.73 Å². The monoisotopic (exact) mass is 388 g/mol. The second-order valence-corrected chi connectivity index (χ2v) is 8.86. The minimum Gasteiger partial charge on any atom is -0.488 e. The molecule has 2 N–H and O–H groups in total. The Kier molecular flexibility index (Phi) is 5.53. The first-order chi connectivity index (χ1) is 12.8. The lowest BCUT2D eigenvalue weighted by Gasteiger charge is -2.17. The molecule has 0 atom stereocenters. The molecule has 0 unspecified atom stereocenters. The van der Waals surface area contributed by atoms with Crippen LogP contribution in [-0.4, -0.2) is 31.7 Å². The molecule has 3 rings (SSSR count). The molecule has 0 bridgehead atoms. The number of aryl methyl sites for hydroxylation is 2. The van der Waals surface area contributed by atoms with Crippen molar-refractivity contribution in [3.63, 3.8) is 0 Å². The smallest absolute Gasteiger partial charge is 0.252 e. The fourth-order valence-corrected chi connectivity index (χ4v) is 4.92. The SMILES string of the molecule is Cc1cc(C)cc(COc2ccc(S(=O)(=O)N3CCCC3)cc2C(N)=O)c1. The number of rotatable bonds is 6. The molecule has 0 aliphatic carbocycles. The molecule has 1 saturated heterocycles. The van der Waals surface area contributed by atoms with E-state index in [1.807, 2.05) is 26.0 Å². The molecule has 1 amide bonds. The Bertz CT molecular complexity index is 944. The van der Waals surface area contributed by atoms with Crippen molar-refractivity contribution in [3.8, 4) is 5.75 Å². The van der Waals surface area contributed by atoms with Gasteiger partial charge in [0.2, 0.25) is 10.0 Å². The molecule has 1 aliphatic heterocycles. The number of nitrogens with zero attached hydrogens (tertiary/aromatic N) is 1. The highest BCUT2D eigenvalue weighted by molar-refractivity contribution is 7.89. The molecule has 1 aliphatic rings. The fourth-order valence-electron chi connectivity index (χ4n) is 3.38. The van der Waals surface area contributed by atoms with E-state index in [-0.39, 0.29) is 22.8 Å². The number of sulfonamides is 1. The second-order valence-electron chi connectivity index (χ2n) is 6.92. The van der Waals surface area contributed by atoms with Gasteiger partial charge in [0.25, 0.3) is 5.91 Å². The Hall–Kier alpha value is -2.38. The number of hydrogen-bond acceptors (Lipinski definition) is 4. The summed E-state index contributed by atoms with van der Waals surface area (Å²) in [6, 6.07) is 10.4. The Labute approximate surface area is 160 Å². The van der Waals surface area contributed by atoms with E-state index in [4.69, 9.17) is 10.5 Å². The normalized spacial score (nSPS) is 15.0. The lowest BCUT2D eigenvalue weighted by atomic mass is 10.1. The van der Waals surface area contributed by atoms with Gasteiger partial charge < -0.3 is 10.5 Å². The summed E-state index contributed by atoms with van der Waals surface area (Å²) >= 11 is 0. The molecular formula is C20H24N2O4S. The predicted molar refractivity (Wildman–Crippen MR) is 103 cm³/mol. The number of primary amides is 1. The zero-order chi connectivity index (χ0) is 19.6. The van der Waals surface area contributed by atoms with E-state index in [9.17, 15) is 13.2 Å². The Morgan fingerprint density at radius 3 is 2.30 bits per heavy atom.